The van der Waals surface area contributed by atoms with Gasteiger partial charge in [0.2, 0.25) is 0 Å². The summed E-state index contributed by atoms with van der Waals surface area (Å²) in [6, 6.07) is 0. The summed E-state index contributed by atoms with van der Waals surface area (Å²) in [6.07, 6.45) is 2.00. The zero-order chi connectivity index (χ0) is 10.4. The first-order chi connectivity index (χ1) is 6.74. The summed E-state index contributed by atoms with van der Waals surface area (Å²) in [5.41, 5.74) is 0. The predicted octanol–water partition coefficient (Wildman–Crippen LogP) is 1.50. The lowest BCUT2D eigenvalue weighted by Gasteiger charge is -2.26. The van der Waals surface area contributed by atoms with Crippen LogP contribution >= 0.6 is 0 Å². The van der Waals surface area contributed by atoms with Gasteiger partial charge in [0.15, 0.2) is 0 Å². The molecule has 1 aliphatic heterocycles. The lowest BCUT2D eigenvalue weighted by atomic mass is 10.0. The second kappa shape index (κ2) is 5.86. The second-order valence-corrected chi connectivity index (χ2v) is 3.66. The summed E-state index contributed by atoms with van der Waals surface area (Å²) in [6.45, 7) is 4.61. The first-order valence-electron chi connectivity index (χ1n) is 5.19. The number of nitrogens with zero attached hydrogens (tertiary/aromatic N) is 1. The molecule has 0 spiro atoms. The lowest BCUT2D eigenvalue weighted by molar-refractivity contribution is 0.0389. The van der Waals surface area contributed by atoms with Gasteiger partial charge in [-0.3, -0.25) is 0 Å². The minimum Gasteiger partial charge on any atom is -0.450 e. The minimum absolute atomic E-state index is 0.238. The topological polar surface area (TPSA) is 38.8 Å². The highest BCUT2D eigenvalue weighted by Crippen LogP contribution is 2.14. The van der Waals surface area contributed by atoms with Crippen LogP contribution in [0.3, 0.4) is 0 Å². The summed E-state index contributed by atoms with van der Waals surface area (Å²) in [5, 5.41) is 0. The number of ether oxygens (including phenoxy) is 2. The van der Waals surface area contributed by atoms with E-state index < -0.39 is 0 Å². The van der Waals surface area contributed by atoms with E-state index in [0.717, 1.165) is 32.6 Å². The summed E-state index contributed by atoms with van der Waals surface area (Å²) < 4.78 is 10.2. The van der Waals surface area contributed by atoms with Crippen LogP contribution in [-0.4, -0.2) is 44.4 Å². The molecule has 14 heavy (non-hydrogen) atoms. The molecule has 4 heteroatoms. The van der Waals surface area contributed by atoms with Crippen molar-refractivity contribution in [2.24, 2.45) is 5.92 Å². The predicted molar refractivity (Wildman–Crippen MR) is 53.2 cm³/mol. The van der Waals surface area contributed by atoms with Crippen molar-refractivity contribution >= 4 is 6.09 Å². The van der Waals surface area contributed by atoms with Gasteiger partial charge < -0.3 is 14.4 Å². The first-order valence-corrected chi connectivity index (χ1v) is 5.19. The normalized spacial score (nSPS) is 21.7. The molecule has 1 unspecified atom stereocenters. The van der Waals surface area contributed by atoms with Gasteiger partial charge in [0.05, 0.1) is 13.2 Å². The SMILES string of the molecule is CCOC(=O)N(C)CC1CCCOC1. The van der Waals surface area contributed by atoms with Crippen molar-refractivity contribution in [3.63, 3.8) is 0 Å². The van der Waals surface area contributed by atoms with Gasteiger partial charge in [-0.25, -0.2) is 4.79 Å². The zero-order valence-corrected chi connectivity index (χ0v) is 8.99. The quantitative estimate of drug-likeness (QED) is 0.694. The third kappa shape index (κ3) is 3.54. The van der Waals surface area contributed by atoms with E-state index in [2.05, 4.69) is 0 Å². The largest absolute Gasteiger partial charge is 0.450 e. The molecule has 0 aromatic carbocycles. The van der Waals surface area contributed by atoms with Crippen LogP contribution in [0.15, 0.2) is 0 Å². The maximum atomic E-state index is 11.3. The number of hydrogen-bond acceptors (Lipinski definition) is 3. The van der Waals surface area contributed by atoms with Crippen molar-refractivity contribution in [1.29, 1.82) is 0 Å². The Labute approximate surface area is 85.2 Å². The van der Waals surface area contributed by atoms with Crippen LogP contribution in [0.25, 0.3) is 0 Å². The molecule has 1 atom stereocenters. The smallest absolute Gasteiger partial charge is 0.409 e. The molecular formula is C10H19NO3. The van der Waals surface area contributed by atoms with Crippen LogP contribution in [0, 0.1) is 5.92 Å². The fourth-order valence-electron chi connectivity index (χ4n) is 1.65. The third-order valence-electron chi connectivity index (χ3n) is 2.37. The van der Waals surface area contributed by atoms with Gasteiger partial charge in [-0.15, -0.1) is 0 Å². The van der Waals surface area contributed by atoms with Gasteiger partial charge in [-0.1, -0.05) is 0 Å². The van der Waals surface area contributed by atoms with Crippen LogP contribution in [0.5, 0.6) is 0 Å². The number of hydrogen-bond donors (Lipinski definition) is 0. The number of rotatable bonds is 3. The first kappa shape index (κ1) is 11.3. The maximum absolute atomic E-state index is 11.3. The van der Waals surface area contributed by atoms with Crippen LogP contribution in [-0.2, 0) is 9.47 Å². The van der Waals surface area contributed by atoms with Crippen molar-refractivity contribution in [1.82, 2.24) is 4.90 Å². The molecule has 1 rings (SSSR count). The Hall–Kier alpha value is -0.770. The van der Waals surface area contributed by atoms with Crippen molar-refractivity contribution in [2.45, 2.75) is 19.8 Å². The molecule has 1 amide bonds. The van der Waals surface area contributed by atoms with Crippen molar-refractivity contribution in [3.05, 3.63) is 0 Å². The van der Waals surface area contributed by atoms with Crippen LogP contribution < -0.4 is 0 Å². The molecule has 0 aromatic heterocycles. The molecular weight excluding hydrogens is 182 g/mol. The fraction of sp³-hybridized carbons (Fsp3) is 0.900. The van der Waals surface area contributed by atoms with Gasteiger partial charge in [0.1, 0.15) is 0 Å². The number of carbonyl (C=O) groups excluding carboxylic acids is 1. The monoisotopic (exact) mass is 201 g/mol. The van der Waals surface area contributed by atoms with E-state index in [0.29, 0.717) is 12.5 Å². The molecule has 4 nitrogen and oxygen atoms in total. The molecule has 1 aliphatic rings. The van der Waals surface area contributed by atoms with Gasteiger partial charge >= 0.3 is 6.09 Å². The summed E-state index contributed by atoms with van der Waals surface area (Å²) in [4.78, 5) is 12.9. The van der Waals surface area contributed by atoms with Crippen molar-refractivity contribution < 1.29 is 14.3 Å². The Morgan fingerprint density at radius 3 is 3.00 bits per heavy atom. The fourth-order valence-corrected chi connectivity index (χ4v) is 1.65. The van der Waals surface area contributed by atoms with Crippen LogP contribution in [0.4, 0.5) is 4.79 Å². The molecule has 0 radical (unpaired) electrons. The van der Waals surface area contributed by atoms with E-state index in [4.69, 9.17) is 9.47 Å². The molecule has 0 N–H and O–H groups in total. The summed E-state index contributed by atoms with van der Waals surface area (Å²) in [5.74, 6) is 0.471. The van der Waals surface area contributed by atoms with Crippen LogP contribution in [0.2, 0.25) is 0 Å². The summed E-state index contributed by atoms with van der Waals surface area (Å²) >= 11 is 0. The Morgan fingerprint density at radius 2 is 2.43 bits per heavy atom. The van der Waals surface area contributed by atoms with Gasteiger partial charge in [0, 0.05) is 26.1 Å². The highest BCUT2D eigenvalue weighted by atomic mass is 16.6. The molecule has 0 bridgehead atoms. The van der Waals surface area contributed by atoms with E-state index in [-0.39, 0.29) is 6.09 Å². The van der Waals surface area contributed by atoms with Crippen molar-refractivity contribution in [3.8, 4) is 0 Å². The van der Waals surface area contributed by atoms with Gasteiger partial charge in [-0.05, 0) is 19.8 Å². The summed E-state index contributed by atoms with van der Waals surface area (Å²) in [7, 11) is 1.77. The Balaban J connectivity index is 2.24. The molecule has 1 heterocycles. The van der Waals surface area contributed by atoms with E-state index >= 15 is 0 Å². The minimum atomic E-state index is -0.238. The molecule has 1 fully saturated rings. The Bertz CT molecular complexity index is 178. The highest BCUT2D eigenvalue weighted by Gasteiger charge is 2.18. The highest BCUT2D eigenvalue weighted by molar-refractivity contribution is 5.67. The number of amides is 1. The standard InChI is InChI=1S/C10H19NO3/c1-3-14-10(12)11(2)7-9-5-4-6-13-8-9/h9H,3-8H2,1-2H3. The molecule has 0 saturated carbocycles. The molecule has 0 aliphatic carbocycles. The van der Waals surface area contributed by atoms with E-state index in [9.17, 15) is 4.79 Å². The van der Waals surface area contributed by atoms with Gasteiger partial charge in [-0.2, -0.15) is 0 Å². The average molecular weight is 201 g/mol. The molecule has 0 aromatic rings. The lowest BCUT2D eigenvalue weighted by Crippen LogP contribution is -2.35. The molecule has 1 saturated heterocycles. The Morgan fingerprint density at radius 1 is 1.64 bits per heavy atom. The molecule has 82 valence electrons. The average Bonchev–Trinajstić information content (AvgIpc) is 2.19. The Kier molecular flexibility index (Phi) is 4.73. The van der Waals surface area contributed by atoms with E-state index in [1.807, 2.05) is 6.92 Å². The van der Waals surface area contributed by atoms with Crippen molar-refractivity contribution in [2.75, 3.05) is 33.4 Å². The zero-order valence-electron chi connectivity index (χ0n) is 8.99. The third-order valence-corrected chi connectivity index (χ3v) is 2.37. The number of carbonyl (C=O) groups is 1. The van der Waals surface area contributed by atoms with E-state index in [1.54, 1.807) is 11.9 Å². The second-order valence-electron chi connectivity index (χ2n) is 3.66. The maximum Gasteiger partial charge on any atom is 0.409 e. The van der Waals surface area contributed by atoms with Gasteiger partial charge in [0.25, 0.3) is 0 Å². The van der Waals surface area contributed by atoms with E-state index in [1.165, 1.54) is 0 Å². The van der Waals surface area contributed by atoms with Crippen LogP contribution in [0.1, 0.15) is 19.8 Å².